The number of likely N-dealkylation sites (tertiary alicyclic amines) is 1. The number of carbonyl (C=O) groups excluding carboxylic acids is 2. The van der Waals surface area contributed by atoms with Crippen LogP contribution >= 0.6 is 7.37 Å². The SMILES string of the molecule is CCC(=O)O[C@H](O[P@](=O)(CCCCc1ccccc1)CC(=O)N1C[C@H](C2CCCCC2)C[C@H]1C(=O)O)C(C)C.[NaH]. The number of aliphatic carboxylic acids is 1. The van der Waals surface area contributed by atoms with Crippen molar-refractivity contribution >= 4 is 54.8 Å². The zero-order chi connectivity index (χ0) is 28.4. The van der Waals surface area contributed by atoms with E-state index in [9.17, 15) is 24.1 Å². The Bertz CT molecular complexity index is 999. The van der Waals surface area contributed by atoms with Crippen LogP contribution in [0, 0.1) is 17.8 Å². The summed E-state index contributed by atoms with van der Waals surface area (Å²) in [6.07, 6.45) is 7.12. The van der Waals surface area contributed by atoms with E-state index >= 15 is 0 Å². The second-order valence-electron chi connectivity index (χ2n) is 11.5. The first-order valence-electron chi connectivity index (χ1n) is 14.6. The Balaban J connectivity index is 0.00000560. The van der Waals surface area contributed by atoms with Crippen LogP contribution in [0.5, 0.6) is 0 Å². The topological polar surface area (TPSA) is 110 Å². The van der Waals surface area contributed by atoms with E-state index < -0.39 is 37.5 Å². The van der Waals surface area contributed by atoms with Gasteiger partial charge in [0.2, 0.25) is 19.6 Å². The number of esters is 1. The molecule has 1 saturated heterocycles. The van der Waals surface area contributed by atoms with Crippen LogP contribution in [-0.2, 0) is 34.6 Å². The number of carboxylic acids is 1. The van der Waals surface area contributed by atoms with Gasteiger partial charge in [-0.3, -0.25) is 18.7 Å². The zero-order valence-corrected chi connectivity index (χ0v) is 24.7. The van der Waals surface area contributed by atoms with E-state index in [0.29, 0.717) is 25.3 Å². The van der Waals surface area contributed by atoms with Crippen LogP contribution < -0.4 is 0 Å². The quantitative estimate of drug-likeness (QED) is 0.101. The molecule has 0 radical (unpaired) electrons. The molecule has 1 saturated carbocycles. The number of unbranched alkanes of at least 4 members (excludes halogenated alkanes) is 1. The summed E-state index contributed by atoms with van der Waals surface area (Å²) in [7, 11) is -3.60. The van der Waals surface area contributed by atoms with Crippen molar-refractivity contribution < 1.29 is 33.3 Å². The Hall–Kier alpha value is -1.18. The number of nitrogens with zero attached hydrogens (tertiary/aromatic N) is 1. The fourth-order valence-corrected chi connectivity index (χ4v) is 8.10. The molecule has 3 rings (SSSR count). The predicted octanol–water partition coefficient (Wildman–Crippen LogP) is 5.47. The summed E-state index contributed by atoms with van der Waals surface area (Å²) < 4.78 is 25.7. The van der Waals surface area contributed by atoms with Crippen LogP contribution in [0.15, 0.2) is 30.3 Å². The van der Waals surface area contributed by atoms with Gasteiger partial charge >= 0.3 is 41.5 Å². The van der Waals surface area contributed by atoms with Gasteiger partial charge in [0, 0.05) is 25.0 Å². The standard InChI is InChI=1S/C30H46NO7P.Na.H/c1-4-28(33)37-30(22(2)3)38-39(36,18-12-11-15-23-13-7-5-8-14-23)21-27(32)31-20-25(19-26(31)29(34)35)24-16-9-6-10-17-24;;/h5,7-8,13-14,22,24-26,30H,4,6,9-12,15-21H2,1-3H3,(H,34,35);;/t25-,26+,30-,39-;;/m1../s1. The average molecular weight is 588 g/mol. The Morgan fingerprint density at radius 1 is 1.05 bits per heavy atom. The summed E-state index contributed by atoms with van der Waals surface area (Å²) in [4.78, 5) is 39.2. The Labute approximate surface area is 261 Å². The van der Waals surface area contributed by atoms with Gasteiger partial charge in [0.15, 0.2) is 0 Å². The van der Waals surface area contributed by atoms with E-state index in [1.54, 1.807) is 6.92 Å². The van der Waals surface area contributed by atoms with Gasteiger partial charge in [0.1, 0.15) is 12.2 Å². The summed E-state index contributed by atoms with van der Waals surface area (Å²) in [6, 6.07) is 9.10. The van der Waals surface area contributed by atoms with Crippen LogP contribution in [0.1, 0.15) is 84.1 Å². The minimum atomic E-state index is -3.60. The van der Waals surface area contributed by atoms with E-state index in [4.69, 9.17) is 9.26 Å². The molecule has 10 heteroatoms. The monoisotopic (exact) mass is 587 g/mol. The van der Waals surface area contributed by atoms with Crippen molar-refractivity contribution in [3.63, 3.8) is 0 Å². The van der Waals surface area contributed by atoms with Crippen molar-refractivity contribution in [3.8, 4) is 0 Å². The minimum absolute atomic E-state index is 0. The number of aryl methyl sites for hydroxylation is 1. The Morgan fingerprint density at radius 2 is 1.73 bits per heavy atom. The second-order valence-corrected chi connectivity index (χ2v) is 14.1. The molecule has 1 heterocycles. The number of ether oxygens (including phenoxy) is 1. The molecule has 2 fully saturated rings. The van der Waals surface area contributed by atoms with Crippen molar-refractivity contribution in [1.82, 2.24) is 4.90 Å². The van der Waals surface area contributed by atoms with Crippen molar-refractivity contribution in [2.45, 2.75) is 97.3 Å². The number of hydrogen-bond acceptors (Lipinski definition) is 6. The third-order valence-electron chi connectivity index (χ3n) is 8.07. The van der Waals surface area contributed by atoms with Crippen LogP contribution in [0.3, 0.4) is 0 Å². The third kappa shape index (κ3) is 10.6. The normalized spacial score (nSPS) is 21.9. The fourth-order valence-electron chi connectivity index (χ4n) is 5.80. The van der Waals surface area contributed by atoms with Crippen LogP contribution in [0.2, 0.25) is 0 Å². The zero-order valence-electron chi connectivity index (χ0n) is 23.8. The molecule has 40 heavy (non-hydrogen) atoms. The molecule has 8 nitrogen and oxygen atoms in total. The molecule has 220 valence electrons. The van der Waals surface area contributed by atoms with Crippen molar-refractivity contribution in [2.24, 2.45) is 17.8 Å². The van der Waals surface area contributed by atoms with Gasteiger partial charge in [-0.2, -0.15) is 0 Å². The first-order chi connectivity index (χ1) is 18.6. The fraction of sp³-hybridized carbons (Fsp3) is 0.700. The molecule has 1 amide bonds. The first-order valence-corrected chi connectivity index (χ1v) is 16.6. The molecule has 2 aliphatic rings. The first kappa shape index (κ1) is 35.0. The Morgan fingerprint density at radius 3 is 2.33 bits per heavy atom. The van der Waals surface area contributed by atoms with Gasteiger partial charge in [-0.15, -0.1) is 0 Å². The van der Waals surface area contributed by atoms with Gasteiger partial charge in [-0.1, -0.05) is 83.2 Å². The van der Waals surface area contributed by atoms with Gasteiger partial charge in [0.25, 0.3) is 0 Å². The van der Waals surface area contributed by atoms with Gasteiger partial charge in [-0.25, -0.2) is 4.79 Å². The number of carboxylic acid groups (broad SMARTS) is 1. The van der Waals surface area contributed by atoms with Crippen LogP contribution in [0.25, 0.3) is 0 Å². The van der Waals surface area contributed by atoms with Crippen LogP contribution in [-0.4, -0.2) is 88.6 Å². The number of hydrogen-bond donors (Lipinski definition) is 1. The van der Waals surface area contributed by atoms with Crippen molar-refractivity contribution in [3.05, 3.63) is 35.9 Å². The summed E-state index contributed by atoms with van der Waals surface area (Å²) in [5.41, 5.74) is 1.18. The van der Waals surface area contributed by atoms with E-state index in [1.165, 1.54) is 16.9 Å². The molecule has 1 N–H and O–H groups in total. The average Bonchev–Trinajstić information content (AvgIpc) is 3.38. The molecular weight excluding hydrogens is 540 g/mol. The van der Waals surface area contributed by atoms with Gasteiger partial charge < -0.3 is 14.7 Å². The number of benzene rings is 1. The van der Waals surface area contributed by atoms with Gasteiger partial charge in [-0.05, 0) is 43.1 Å². The number of amides is 1. The molecule has 1 aliphatic heterocycles. The van der Waals surface area contributed by atoms with E-state index in [-0.39, 0.29) is 60.1 Å². The maximum absolute atomic E-state index is 14.2. The van der Waals surface area contributed by atoms with E-state index in [0.717, 1.165) is 38.5 Å². The molecule has 1 aromatic carbocycles. The third-order valence-corrected chi connectivity index (χ3v) is 10.4. The number of rotatable bonds is 14. The van der Waals surface area contributed by atoms with Gasteiger partial charge in [0.05, 0.1) is 0 Å². The molecule has 4 atom stereocenters. The molecule has 0 spiro atoms. The summed E-state index contributed by atoms with van der Waals surface area (Å²) in [5.74, 6) is -1.61. The molecule has 0 aromatic heterocycles. The van der Waals surface area contributed by atoms with Crippen LogP contribution in [0.4, 0.5) is 0 Å². The predicted molar refractivity (Wildman–Crippen MR) is 158 cm³/mol. The molecule has 0 unspecified atom stereocenters. The van der Waals surface area contributed by atoms with Crippen molar-refractivity contribution in [1.29, 1.82) is 0 Å². The molecule has 1 aliphatic carbocycles. The van der Waals surface area contributed by atoms with Crippen molar-refractivity contribution in [2.75, 3.05) is 18.9 Å². The van der Waals surface area contributed by atoms with E-state index in [2.05, 4.69) is 0 Å². The molecule has 0 bridgehead atoms. The molecule has 1 aromatic rings. The molecular formula is C30H47NNaO7P. The summed E-state index contributed by atoms with van der Waals surface area (Å²) in [5, 5.41) is 9.92. The van der Waals surface area contributed by atoms with E-state index in [1.807, 2.05) is 44.2 Å². The summed E-state index contributed by atoms with van der Waals surface area (Å²) >= 11 is 0. The number of carbonyl (C=O) groups is 3. The maximum atomic E-state index is 14.2. The Kier molecular flexibility index (Phi) is 14.9. The second kappa shape index (κ2) is 17.1. The summed E-state index contributed by atoms with van der Waals surface area (Å²) in [6.45, 7) is 5.68.